The summed E-state index contributed by atoms with van der Waals surface area (Å²) in [5, 5.41) is 6.32. The van der Waals surface area contributed by atoms with Crippen LogP contribution in [-0.4, -0.2) is 27.2 Å². The first-order valence-corrected chi connectivity index (χ1v) is 9.02. The smallest absolute Gasteiger partial charge is 0.220 e. The molecule has 0 bridgehead atoms. The Morgan fingerprint density at radius 1 is 1.00 bits per heavy atom. The molecular formula is C21H26N2O4. The molecule has 0 spiro atoms. The van der Waals surface area contributed by atoms with E-state index in [0.717, 1.165) is 24.2 Å². The molecule has 0 aliphatic carbocycles. The van der Waals surface area contributed by atoms with Crippen molar-refractivity contribution < 1.29 is 19.0 Å². The highest BCUT2D eigenvalue weighted by Crippen LogP contribution is 2.40. The molecule has 0 aromatic heterocycles. The van der Waals surface area contributed by atoms with E-state index in [-0.39, 0.29) is 5.91 Å². The van der Waals surface area contributed by atoms with E-state index in [9.17, 15) is 4.79 Å². The molecule has 1 aliphatic heterocycles. The molecule has 1 amide bonds. The van der Waals surface area contributed by atoms with Crippen LogP contribution in [0.1, 0.15) is 28.7 Å². The Bertz CT molecular complexity index is 820. The summed E-state index contributed by atoms with van der Waals surface area (Å²) in [7, 11) is 4.74. The molecule has 27 heavy (non-hydrogen) atoms. The maximum Gasteiger partial charge on any atom is 0.220 e. The summed E-state index contributed by atoms with van der Waals surface area (Å²) in [6.45, 7) is 2.36. The monoisotopic (exact) mass is 370 g/mol. The average molecular weight is 370 g/mol. The van der Waals surface area contributed by atoms with Crippen LogP contribution in [0.25, 0.3) is 0 Å². The lowest BCUT2D eigenvalue weighted by Gasteiger charge is -2.15. The quantitative estimate of drug-likeness (QED) is 0.747. The molecule has 6 nitrogen and oxygen atoms in total. The number of fused-ring (bicyclic) bond motifs is 1. The number of benzene rings is 2. The van der Waals surface area contributed by atoms with Gasteiger partial charge in [0.25, 0.3) is 0 Å². The van der Waals surface area contributed by atoms with Gasteiger partial charge in [-0.15, -0.1) is 0 Å². The highest BCUT2D eigenvalue weighted by atomic mass is 16.5. The largest absolute Gasteiger partial charge is 0.493 e. The van der Waals surface area contributed by atoms with E-state index in [1.807, 2.05) is 12.1 Å². The summed E-state index contributed by atoms with van der Waals surface area (Å²) < 4.78 is 16.2. The number of nitrogens with one attached hydrogen (secondary N) is 2. The van der Waals surface area contributed by atoms with Crippen LogP contribution in [0.4, 0.5) is 0 Å². The lowest BCUT2D eigenvalue weighted by Crippen LogP contribution is -2.23. The fourth-order valence-electron chi connectivity index (χ4n) is 3.36. The van der Waals surface area contributed by atoms with Crippen molar-refractivity contribution in [3.8, 4) is 17.2 Å². The Kier molecular flexibility index (Phi) is 6.19. The van der Waals surface area contributed by atoms with E-state index in [1.165, 1.54) is 11.1 Å². The van der Waals surface area contributed by atoms with Crippen molar-refractivity contribution in [2.45, 2.75) is 32.5 Å². The van der Waals surface area contributed by atoms with Crippen LogP contribution in [-0.2, 0) is 30.8 Å². The van der Waals surface area contributed by atoms with E-state index in [4.69, 9.17) is 14.2 Å². The van der Waals surface area contributed by atoms with Gasteiger partial charge in [0, 0.05) is 26.1 Å². The summed E-state index contributed by atoms with van der Waals surface area (Å²) in [6, 6.07) is 10.1. The van der Waals surface area contributed by atoms with Crippen LogP contribution in [0.15, 0.2) is 30.3 Å². The average Bonchev–Trinajstić information content (AvgIpc) is 3.17. The van der Waals surface area contributed by atoms with Crippen LogP contribution in [0, 0.1) is 0 Å². The second-order valence-electron chi connectivity index (χ2n) is 6.48. The first-order valence-electron chi connectivity index (χ1n) is 9.02. The third kappa shape index (κ3) is 4.34. The fourth-order valence-corrected chi connectivity index (χ4v) is 3.36. The Balaban J connectivity index is 1.57. The van der Waals surface area contributed by atoms with Crippen molar-refractivity contribution in [1.82, 2.24) is 10.6 Å². The topological polar surface area (TPSA) is 68.8 Å². The van der Waals surface area contributed by atoms with Gasteiger partial charge in [0.05, 0.1) is 21.3 Å². The zero-order valence-corrected chi connectivity index (χ0v) is 16.1. The molecule has 0 unspecified atom stereocenters. The van der Waals surface area contributed by atoms with E-state index < -0.39 is 0 Å². The number of hydrogen-bond donors (Lipinski definition) is 2. The predicted octanol–water partition coefficient (Wildman–Crippen LogP) is 2.56. The van der Waals surface area contributed by atoms with E-state index in [2.05, 4.69) is 28.8 Å². The van der Waals surface area contributed by atoms with Gasteiger partial charge in [-0.25, -0.2) is 0 Å². The van der Waals surface area contributed by atoms with Gasteiger partial charge in [-0.2, -0.15) is 0 Å². The van der Waals surface area contributed by atoms with E-state index in [1.54, 1.807) is 21.3 Å². The zero-order valence-electron chi connectivity index (χ0n) is 16.1. The molecule has 0 atom stereocenters. The molecule has 0 saturated heterocycles. The maximum atomic E-state index is 12.3. The Morgan fingerprint density at radius 3 is 2.52 bits per heavy atom. The highest BCUT2D eigenvalue weighted by Gasteiger charge is 2.16. The minimum atomic E-state index is 0.00506. The van der Waals surface area contributed by atoms with Crippen molar-refractivity contribution in [3.63, 3.8) is 0 Å². The number of carbonyl (C=O) groups excluding carboxylic acids is 1. The molecule has 6 heteroatoms. The molecule has 0 fully saturated rings. The molecule has 3 rings (SSSR count). The second kappa shape index (κ2) is 8.77. The minimum Gasteiger partial charge on any atom is -0.493 e. The fraction of sp³-hybridized carbons (Fsp3) is 0.381. The summed E-state index contributed by atoms with van der Waals surface area (Å²) in [5.41, 5.74) is 4.69. The summed E-state index contributed by atoms with van der Waals surface area (Å²) in [4.78, 5) is 12.3. The van der Waals surface area contributed by atoms with Crippen molar-refractivity contribution in [2.24, 2.45) is 0 Å². The number of methoxy groups -OCH3 is 3. The summed E-state index contributed by atoms with van der Waals surface area (Å²) >= 11 is 0. The molecule has 0 radical (unpaired) electrons. The number of amides is 1. The normalized spacial score (nSPS) is 12.4. The standard InChI is InChI=1S/C21H26N2O4/c1-25-18-8-6-15(20(26-2)21(18)27-3)7-9-19(24)23-11-14-4-5-16-12-22-13-17(16)10-14/h4-6,8,10,22H,7,9,11-13H2,1-3H3,(H,23,24). The summed E-state index contributed by atoms with van der Waals surface area (Å²) in [6.07, 6.45) is 0.932. The predicted molar refractivity (Wildman–Crippen MR) is 103 cm³/mol. The molecule has 2 aromatic carbocycles. The van der Waals surface area contributed by atoms with Crippen molar-refractivity contribution in [3.05, 3.63) is 52.6 Å². The molecular weight excluding hydrogens is 344 g/mol. The lowest BCUT2D eigenvalue weighted by atomic mass is 10.1. The van der Waals surface area contributed by atoms with Crippen molar-refractivity contribution >= 4 is 5.91 Å². The number of ether oxygens (including phenoxy) is 3. The molecule has 144 valence electrons. The SMILES string of the molecule is COc1ccc(CCC(=O)NCc2ccc3c(c2)CNC3)c(OC)c1OC. The first-order chi connectivity index (χ1) is 13.2. The first kappa shape index (κ1) is 19.0. The van der Waals surface area contributed by atoms with Gasteiger partial charge < -0.3 is 24.8 Å². The van der Waals surface area contributed by atoms with Crippen LogP contribution in [0.5, 0.6) is 17.2 Å². The molecule has 1 aliphatic rings. The second-order valence-corrected chi connectivity index (χ2v) is 6.48. The van der Waals surface area contributed by atoms with Crippen molar-refractivity contribution in [1.29, 1.82) is 0 Å². The van der Waals surface area contributed by atoms with Crippen LogP contribution >= 0.6 is 0 Å². The third-order valence-corrected chi connectivity index (χ3v) is 4.80. The van der Waals surface area contributed by atoms with Gasteiger partial charge in [0.1, 0.15) is 0 Å². The summed E-state index contributed by atoms with van der Waals surface area (Å²) in [5.74, 6) is 1.76. The third-order valence-electron chi connectivity index (χ3n) is 4.80. The molecule has 2 N–H and O–H groups in total. The van der Waals surface area contributed by atoms with Gasteiger partial charge in [-0.1, -0.05) is 24.3 Å². The number of hydrogen-bond acceptors (Lipinski definition) is 5. The number of carbonyl (C=O) groups is 1. The van der Waals surface area contributed by atoms with Crippen molar-refractivity contribution in [2.75, 3.05) is 21.3 Å². The minimum absolute atomic E-state index is 0.00506. The Labute approximate surface area is 159 Å². The highest BCUT2D eigenvalue weighted by molar-refractivity contribution is 5.76. The number of rotatable bonds is 8. The molecule has 0 saturated carbocycles. The molecule has 1 heterocycles. The van der Waals surface area contributed by atoms with Gasteiger partial charge in [0.15, 0.2) is 11.5 Å². The van der Waals surface area contributed by atoms with Crippen LogP contribution < -0.4 is 24.8 Å². The lowest BCUT2D eigenvalue weighted by molar-refractivity contribution is -0.121. The Hall–Kier alpha value is -2.73. The van der Waals surface area contributed by atoms with Gasteiger partial charge in [-0.05, 0) is 34.7 Å². The van der Waals surface area contributed by atoms with Crippen LogP contribution in [0.2, 0.25) is 0 Å². The van der Waals surface area contributed by atoms with Crippen LogP contribution in [0.3, 0.4) is 0 Å². The van der Waals surface area contributed by atoms with Gasteiger partial charge >= 0.3 is 0 Å². The van der Waals surface area contributed by atoms with Gasteiger partial charge in [-0.3, -0.25) is 4.79 Å². The van der Waals surface area contributed by atoms with E-state index >= 15 is 0 Å². The zero-order chi connectivity index (χ0) is 19.2. The molecule has 2 aromatic rings. The maximum absolute atomic E-state index is 12.3. The van der Waals surface area contributed by atoms with E-state index in [0.29, 0.717) is 36.6 Å². The Morgan fingerprint density at radius 2 is 1.78 bits per heavy atom. The number of aryl methyl sites for hydroxylation is 1. The van der Waals surface area contributed by atoms with Gasteiger partial charge in [0.2, 0.25) is 11.7 Å².